The second kappa shape index (κ2) is 3.18. The summed E-state index contributed by atoms with van der Waals surface area (Å²) in [5.41, 5.74) is 6.63. The number of nitrogens with zero attached hydrogens (tertiary/aromatic N) is 3. The van der Waals surface area contributed by atoms with Crippen LogP contribution in [0.5, 0.6) is 0 Å². The van der Waals surface area contributed by atoms with E-state index in [1.807, 2.05) is 0 Å². The minimum atomic E-state index is 0.0381. The van der Waals surface area contributed by atoms with Gasteiger partial charge in [0, 0.05) is 17.9 Å². The van der Waals surface area contributed by atoms with Crippen LogP contribution in [0.4, 0.5) is 5.82 Å². The van der Waals surface area contributed by atoms with E-state index >= 15 is 0 Å². The molecule has 64 valence electrons. The lowest BCUT2D eigenvalue weighted by molar-refractivity contribution is 1.05. The molecule has 0 atom stereocenters. The van der Waals surface area contributed by atoms with Gasteiger partial charge < -0.3 is 5.73 Å². The van der Waals surface area contributed by atoms with Gasteiger partial charge in [-0.1, -0.05) is 0 Å². The molecule has 0 fully saturated rings. The highest BCUT2D eigenvalue weighted by Gasteiger charge is 1.97. The Labute approximate surface area is 78.3 Å². The minimum absolute atomic E-state index is 0.0381. The van der Waals surface area contributed by atoms with Crippen molar-refractivity contribution in [1.82, 2.24) is 15.2 Å². The number of rotatable bonds is 1. The molecule has 13 heavy (non-hydrogen) atoms. The number of aromatic nitrogens is 3. The second-order valence-corrected chi connectivity index (χ2v) is 2.46. The fraction of sp³-hybridized carbons (Fsp3) is 0. The van der Waals surface area contributed by atoms with Gasteiger partial charge in [-0.15, -0.1) is 10.2 Å². The smallest absolute Gasteiger partial charge is 0.146 e. The third kappa shape index (κ3) is 1.61. The van der Waals surface area contributed by atoms with Crippen molar-refractivity contribution < 1.29 is 2.74 Å². The topological polar surface area (TPSA) is 64.7 Å². The molecular weight excluding hydrogens is 164 g/mol. The first kappa shape index (κ1) is 5.64. The molecule has 2 N–H and O–H groups in total. The van der Waals surface area contributed by atoms with E-state index in [0.717, 1.165) is 0 Å². The monoisotopic (exact) mass is 174 g/mol. The first-order valence-corrected chi connectivity index (χ1v) is 3.70. The molecule has 0 spiro atoms. The van der Waals surface area contributed by atoms with Gasteiger partial charge in [0.15, 0.2) is 0 Å². The van der Waals surface area contributed by atoms with Gasteiger partial charge in [-0.25, -0.2) is 0 Å². The van der Waals surface area contributed by atoms with Crippen molar-refractivity contribution in [1.29, 1.82) is 0 Å². The maximum absolute atomic E-state index is 7.36. The average Bonchev–Trinajstić information content (AvgIpc) is 2.17. The lowest BCUT2D eigenvalue weighted by atomic mass is 10.2. The molecule has 0 saturated carbocycles. The molecule has 0 aromatic carbocycles. The molecule has 0 unspecified atom stereocenters. The molecule has 2 heterocycles. The predicted molar refractivity (Wildman–Crippen MR) is 49.7 cm³/mol. The SMILES string of the molecule is [2H]c1cc(-c2ccc(N)nn2)cc([2H])n1. The van der Waals surface area contributed by atoms with Crippen molar-refractivity contribution in [2.45, 2.75) is 0 Å². The highest BCUT2D eigenvalue weighted by Crippen LogP contribution is 2.14. The van der Waals surface area contributed by atoms with Gasteiger partial charge in [-0.3, -0.25) is 4.98 Å². The van der Waals surface area contributed by atoms with Crippen LogP contribution < -0.4 is 5.73 Å². The van der Waals surface area contributed by atoms with E-state index in [4.69, 9.17) is 8.48 Å². The number of anilines is 1. The van der Waals surface area contributed by atoms with Crippen LogP contribution in [-0.4, -0.2) is 15.2 Å². The van der Waals surface area contributed by atoms with Crippen LogP contribution in [0.25, 0.3) is 11.3 Å². The van der Waals surface area contributed by atoms with Crippen LogP contribution >= 0.6 is 0 Å². The Balaban J connectivity index is 2.49. The van der Waals surface area contributed by atoms with E-state index in [-0.39, 0.29) is 12.3 Å². The molecule has 2 aromatic rings. The zero-order valence-electron chi connectivity index (χ0n) is 8.73. The van der Waals surface area contributed by atoms with Gasteiger partial charge in [0.05, 0.1) is 8.44 Å². The summed E-state index contributed by atoms with van der Waals surface area (Å²) in [5, 5.41) is 7.56. The van der Waals surface area contributed by atoms with Gasteiger partial charge >= 0.3 is 0 Å². The highest BCUT2D eigenvalue weighted by molar-refractivity contribution is 5.58. The Kier molecular flexibility index (Phi) is 1.38. The van der Waals surface area contributed by atoms with Crippen molar-refractivity contribution in [2.24, 2.45) is 0 Å². The number of hydrogen-bond acceptors (Lipinski definition) is 4. The summed E-state index contributed by atoms with van der Waals surface area (Å²) in [6.45, 7) is 0. The third-order valence-corrected chi connectivity index (χ3v) is 1.55. The zero-order chi connectivity index (χ0) is 10.8. The maximum atomic E-state index is 7.36. The Morgan fingerprint density at radius 3 is 2.46 bits per heavy atom. The van der Waals surface area contributed by atoms with Crippen molar-refractivity contribution in [3.63, 3.8) is 0 Å². The highest BCUT2D eigenvalue weighted by atomic mass is 15.1. The van der Waals surface area contributed by atoms with Crippen LogP contribution in [0.2, 0.25) is 0 Å². The molecule has 4 heteroatoms. The maximum Gasteiger partial charge on any atom is 0.146 e. The van der Waals surface area contributed by atoms with Crippen LogP contribution in [-0.2, 0) is 0 Å². The largest absolute Gasteiger partial charge is 0.382 e. The fourth-order valence-corrected chi connectivity index (χ4v) is 0.927. The van der Waals surface area contributed by atoms with Gasteiger partial charge in [0.1, 0.15) is 5.82 Å². The third-order valence-electron chi connectivity index (χ3n) is 1.55. The zero-order valence-corrected chi connectivity index (χ0v) is 6.73. The van der Waals surface area contributed by atoms with Crippen molar-refractivity contribution >= 4 is 5.82 Å². The number of pyridine rings is 1. The summed E-state index contributed by atoms with van der Waals surface area (Å²) >= 11 is 0. The molecule has 0 bridgehead atoms. The molecule has 0 radical (unpaired) electrons. The summed E-state index contributed by atoms with van der Waals surface area (Å²) in [6, 6.07) is 6.36. The Hall–Kier alpha value is -1.97. The summed E-state index contributed by atoms with van der Waals surface area (Å²) in [4.78, 5) is 3.64. The molecule has 0 amide bonds. The summed E-state index contributed by atoms with van der Waals surface area (Å²) in [7, 11) is 0. The van der Waals surface area contributed by atoms with E-state index in [2.05, 4.69) is 15.2 Å². The van der Waals surface area contributed by atoms with Gasteiger partial charge in [-0.2, -0.15) is 0 Å². The van der Waals surface area contributed by atoms with E-state index in [1.54, 1.807) is 12.1 Å². The first-order valence-electron chi connectivity index (χ1n) is 4.70. The van der Waals surface area contributed by atoms with E-state index in [9.17, 15) is 0 Å². The molecule has 0 aliphatic carbocycles. The number of nitrogens with two attached hydrogens (primary N) is 1. The second-order valence-electron chi connectivity index (χ2n) is 2.46. The standard InChI is InChI=1S/C9H8N4/c10-9-2-1-8(12-13-9)7-3-5-11-6-4-7/h1-6H,(H2,10,13)/i5D,6D. The Morgan fingerprint density at radius 1 is 1.08 bits per heavy atom. The molecular formula is C9H8N4. The van der Waals surface area contributed by atoms with E-state index < -0.39 is 0 Å². The summed E-state index contributed by atoms with van der Waals surface area (Å²) in [5.74, 6) is 0.338. The first-order chi connectivity index (χ1) is 7.15. The normalized spacial score (nSPS) is 12.0. The average molecular weight is 174 g/mol. The van der Waals surface area contributed by atoms with Crippen molar-refractivity contribution in [3.8, 4) is 11.3 Å². The van der Waals surface area contributed by atoms with Crippen molar-refractivity contribution in [2.75, 3.05) is 5.73 Å². The van der Waals surface area contributed by atoms with Crippen LogP contribution in [0.15, 0.2) is 36.6 Å². The van der Waals surface area contributed by atoms with E-state index in [0.29, 0.717) is 17.1 Å². The predicted octanol–water partition coefficient (Wildman–Crippen LogP) is 1.12. The molecule has 0 aliphatic heterocycles. The Morgan fingerprint density at radius 2 is 1.85 bits per heavy atom. The Bertz CT molecular complexity index is 464. The summed E-state index contributed by atoms with van der Waals surface area (Å²) in [6.07, 6.45) is 0.0762. The van der Waals surface area contributed by atoms with Crippen LogP contribution in [0.3, 0.4) is 0 Å². The van der Waals surface area contributed by atoms with Crippen LogP contribution in [0, 0.1) is 0 Å². The van der Waals surface area contributed by atoms with E-state index in [1.165, 1.54) is 12.1 Å². The molecule has 2 aromatic heterocycles. The molecule has 0 saturated heterocycles. The van der Waals surface area contributed by atoms with Crippen molar-refractivity contribution in [3.05, 3.63) is 36.6 Å². The van der Waals surface area contributed by atoms with Gasteiger partial charge in [-0.05, 0) is 24.3 Å². The lowest BCUT2D eigenvalue weighted by Gasteiger charge is -1.97. The number of nitrogen functional groups attached to an aromatic ring is 1. The fourth-order valence-electron chi connectivity index (χ4n) is 0.927. The molecule has 2 rings (SSSR count). The van der Waals surface area contributed by atoms with Gasteiger partial charge in [0.25, 0.3) is 0 Å². The molecule has 4 nitrogen and oxygen atoms in total. The quantitative estimate of drug-likeness (QED) is 0.703. The molecule has 0 aliphatic rings. The lowest BCUT2D eigenvalue weighted by Crippen LogP contribution is -1.93. The number of hydrogen-bond donors (Lipinski definition) is 1. The van der Waals surface area contributed by atoms with Crippen LogP contribution in [0.1, 0.15) is 2.74 Å². The van der Waals surface area contributed by atoms with Gasteiger partial charge in [0.2, 0.25) is 0 Å². The summed E-state index contributed by atoms with van der Waals surface area (Å²) < 4.78 is 14.7. The minimum Gasteiger partial charge on any atom is -0.382 e.